The van der Waals surface area contributed by atoms with Gasteiger partial charge in [0.2, 0.25) is 5.91 Å². The molecule has 1 rings (SSSR count). The molecule has 1 amide bonds. The fourth-order valence-corrected chi connectivity index (χ4v) is 2.84. The molecule has 1 atom stereocenters. The molecule has 0 unspecified atom stereocenters. The highest BCUT2D eigenvalue weighted by Gasteiger charge is 2.20. The van der Waals surface area contributed by atoms with Crippen LogP contribution in [0.15, 0.2) is 30.8 Å². The average Bonchev–Trinajstić information content (AvgIpc) is 2.51. The van der Waals surface area contributed by atoms with Gasteiger partial charge in [0.1, 0.15) is 11.8 Å². The molecule has 7 heteroatoms. The molecule has 0 saturated heterocycles. The summed E-state index contributed by atoms with van der Waals surface area (Å²) in [5.41, 5.74) is 1.52. The second kappa shape index (κ2) is 9.77. The van der Waals surface area contributed by atoms with Gasteiger partial charge in [-0.25, -0.2) is 4.79 Å². The van der Waals surface area contributed by atoms with Gasteiger partial charge in [-0.3, -0.25) is 9.59 Å². The van der Waals surface area contributed by atoms with Crippen molar-refractivity contribution < 1.29 is 24.2 Å². The first-order valence-corrected chi connectivity index (χ1v) is 8.39. The molecule has 0 saturated carbocycles. The Morgan fingerprint density at radius 1 is 1.33 bits per heavy atom. The Labute approximate surface area is 145 Å². The second-order valence-corrected chi connectivity index (χ2v) is 6.04. The normalized spacial score (nSPS) is 11.4. The third-order valence-corrected chi connectivity index (χ3v) is 4.02. The summed E-state index contributed by atoms with van der Waals surface area (Å²) in [6.07, 6.45) is 0.124. The summed E-state index contributed by atoms with van der Waals surface area (Å²) >= 11 is 0.879. The summed E-state index contributed by atoms with van der Waals surface area (Å²) in [4.78, 5) is 34.2. The Balaban J connectivity index is 2.70. The maximum Gasteiger partial charge on any atom is 0.327 e. The third kappa shape index (κ3) is 6.45. The molecule has 0 aromatic heterocycles. The van der Waals surface area contributed by atoms with Crippen LogP contribution in [0.1, 0.15) is 25.0 Å². The van der Waals surface area contributed by atoms with Crippen molar-refractivity contribution in [2.24, 2.45) is 0 Å². The predicted molar refractivity (Wildman–Crippen MR) is 93.5 cm³/mol. The molecule has 1 aromatic carbocycles. The Hall–Kier alpha value is -2.28. The fourth-order valence-electron chi connectivity index (χ4n) is 2.00. The van der Waals surface area contributed by atoms with Crippen molar-refractivity contribution in [3.63, 3.8) is 0 Å². The highest BCUT2D eigenvalue weighted by atomic mass is 32.2. The van der Waals surface area contributed by atoms with Gasteiger partial charge < -0.3 is 15.2 Å². The molecule has 0 radical (unpaired) electrons. The molecule has 6 nitrogen and oxygen atoms in total. The second-order valence-electron chi connectivity index (χ2n) is 4.96. The third-order valence-electron chi connectivity index (χ3n) is 3.06. The van der Waals surface area contributed by atoms with E-state index < -0.39 is 17.9 Å². The van der Waals surface area contributed by atoms with Gasteiger partial charge in [-0.05, 0) is 12.5 Å². The van der Waals surface area contributed by atoms with Gasteiger partial charge in [0.05, 0.1) is 6.61 Å². The summed E-state index contributed by atoms with van der Waals surface area (Å²) in [5.74, 6) is -1.15. The van der Waals surface area contributed by atoms with Crippen LogP contribution in [0.25, 0.3) is 5.76 Å². The molecule has 0 bridgehead atoms. The van der Waals surface area contributed by atoms with E-state index in [1.165, 1.54) is 6.92 Å². The van der Waals surface area contributed by atoms with E-state index in [1.54, 1.807) is 6.07 Å². The van der Waals surface area contributed by atoms with Crippen LogP contribution in [0.2, 0.25) is 0 Å². The highest BCUT2D eigenvalue weighted by molar-refractivity contribution is 8.13. The summed E-state index contributed by atoms with van der Waals surface area (Å²) in [6.45, 7) is 7.41. The van der Waals surface area contributed by atoms with Gasteiger partial charge >= 0.3 is 5.97 Å². The zero-order valence-electron chi connectivity index (χ0n) is 13.7. The maximum atomic E-state index is 12.1. The number of thioether (sulfide) groups is 1. The number of hydrogen-bond donors (Lipinski definition) is 2. The summed E-state index contributed by atoms with van der Waals surface area (Å²) < 4.78 is 5.39. The van der Waals surface area contributed by atoms with Crippen molar-refractivity contribution in [2.75, 3.05) is 12.4 Å². The molecule has 24 heavy (non-hydrogen) atoms. The van der Waals surface area contributed by atoms with Gasteiger partial charge in [0.15, 0.2) is 5.12 Å². The van der Waals surface area contributed by atoms with Gasteiger partial charge in [0.25, 0.3) is 0 Å². The minimum atomic E-state index is -1.17. The van der Waals surface area contributed by atoms with E-state index in [9.17, 15) is 14.4 Å². The number of carbonyl (C=O) groups is 3. The molecular weight excluding hydrogens is 330 g/mol. The minimum Gasteiger partial charge on any atom is -0.494 e. The maximum absolute atomic E-state index is 12.1. The van der Waals surface area contributed by atoms with Crippen LogP contribution in [0, 0.1) is 0 Å². The van der Waals surface area contributed by atoms with Crippen molar-refractivity contribution in [2.45, 2.75) is 26.3 Å². The van der Waals surface area contributed by atoms with Crippen molar-refractivity contribution in [3.05, 3.63) is 42.0 Å². The molecule has 130 valence electrons. The molecule has 0 aliphatic rings. The van der Waals surface area contributed by atoms with Crippen molar-refractivity contribution in [1.82, 2.24) is 5.32 Å². The number of aliphatic carboxylic acids is 1. The SMILES string of the molecule is C=C(OCC)c1ccccc1CC(=O)SC[C@H](NC(C)=O)C(=O)O. The monoisotopic (exact) mass is 351 g/mol. The van der Waals surface area contributed by atoms with E-state index in [4.69, 9.17) is 9.84 Å². The quantitative estimate of drug-likeness (QED) is 0.662. The lowest BCUT2D eigenvalue weighted by Gasteiger charge is -2.13. The molecule has 0 heterocycles. The summed E-state index contributed by atoms with van der Waals surface area (Å²) in [7, 11) is 0. The zero-order valence-corrected chi connectivity index (χ0v) is 14.5. The standard InChI is InChI=1S/C17H21NO5S/c1-4-23-11(2)14-8-6-5-7-13(14)9-16(20)24-10-15(17(21)22)18-12(3)19/h5-8,15H,2,4,9-10H2,1,3H3,(H,18,19)(H,21,22)/t15-/m0/s1. The zero-order chi connectivity index (χ0) is 18.1. The molecule has 0 aliphatic heterocycles. The number of carboxylic acid groups (broad SMARTS) is 1. The van der Waals surface area contributed by atoms with E-state index in [0.29, 0.717) is 12.4 Å². The molecule has 0 aliphatic carbocycles. The van der Waals surface area contributed by atoms with E-state index >= 15 is 0 Å². The molecular formula is C17H21NO5S. The van der Waals surface area contributed by atoms with Gasteiger partial charge in [0, 0.05) is 24.7 Å². The number of carbonyl (C=O) groups excluding carboxylic acids is 2. The van der Waals surface area contributed by atoms with Crippen molar-refractivity contribution >= 4 is 34.5 Å². The lowest BCUT2D eigenvalue weighted by molar-refractivity contribution is -0.140. The van der Waals surface area contributed by atoms with Crippen LogP contribution in [0.5, 0.6) is 0 Å². The number of benzene rings is 1. The predicted octanol–water partition coefficient (Wildman–Crippen LogP) is 2.09. The summed E-state index contributed by atoms with van der Waals surface area (Å²) in [6, 6.07) is 6.18. The molecule has 1 aromatic rings. The van der Waals surface area contributed by atoms with Crippen LogP contribution in [-0.2, 0) is 25.5 Å². The number of ether oxygens (including phenoxy) is 1. The number of hydrogen-bond acceptors (Lipinski definition) is 5. The first kappa shape index (κ1) is 19.8. The Bertz CT molecular complexity index is 629. The van der Waals surface area contributed by atoms with Crippen molar-refractivity contribution in [1.29, 1.82) is 0 Å². The smallest absolute Gasteiger partial charge is 0.327 e. The van der Waals surface area contributed by atoms with Crippen LogP contribution in [0.3, 0.4) is 0 Å². The number of amides is 1. The highest BCUT2D eigenvalue weighted by Crippen LogP contribution is 2.21. The first-order valence-electron chi connectivity index (χ1n) is 7.40. The molecule has 2 N–H and O–H groups in total. The minimum absolute atomic E-state index is 0.0255. The summed E-state index contributed by atoms with van der Waals surface area (Å²) in [5, 5.41) is 11.1. The number of nitrogens with one attached hydrogen (secondary N) is 1. The Kier molecular flexibility index (Phi) is 8.05. The average molecular weight is 351 g/mol. The van der Waals surface area contributed by atoms with Gasteiger partial charge in [-0.1, -0.05) is 42.6 Å². The van der Waals surface area contributed by atoms with Crippen LogP contribution in [0.4, 0.5) is 0 Å². The van der Waals surface area contributed by atoms with E-state index in [0.717, 1.165) is 22.9 Å². The Morgan fingerprint density at radius 3 is 2.58 bits per heavy atom. The molecule has 0 fully saturated rings. The number of rotatable bonds is 9. The van der Waals surface area contributed by atoms with Crippen LogP contribution >= 0.6 is 11.8 Å². The van der Waals surface area contributed by atoms with E-state index in [1.807, 2.05) is 25.1 Å². The van der Waals surface area contributed by atoms with Crippen LogP contribution in [-0.4, -0.2) is 40.5 Å². The molecule has 0 spiro atoms. The van der Waals surface area contributed by atoms with E-state index in [2.05, 4.69) is 11.9 Å². The number of carboxylic acids is 1. The largest absolute Gasteiger partial charge is 0.494 e. The fraction of sp³-hybridized carbons (Fsp3) is 0.353. The van der Waals surface area contributed by atoms with E-state index in [-0.39, 0.29) is 17.3 Å². The topological polar surface area (TPSA) is 92.7 Å². The van der Waals surface area contributed by atoms with Crippen LogP contribution < -0.4 is 5.32 Å². The Morgan fingerprint density at radius 2 is 2.00 bits per heavy atom. The lowest BCUT2D eigenvalue weighted by Crippen LogP contribution is -2.41. The first-order chi connectivity index (χ1) is 11.3. The van der Waals surface area contributed by atoms with Gasteiger partial charge in [-0.2, -0.15) is 0 Å². The van der Waals surface area contributed by atoms with Crippen molar-refractivity contribution in [3.8, 4) is 0 Å². The van der Waals surface area contributed by atoms with Gasteiger partial charge in [-0.15, -0.1) is 0 Å². The lowest BCUT2D eigenvalue weighted by atomic mass is 10.0.